The Balaban J connectivity index is 1.21. The molecule has 11 nitrogen and oxygen atoms in total. The topological polar surface area (TPSA) is 124 Å². The van der Waals surface area contributed by atoms with Crippen molar-refractivity contribution < 1.29 is 4.52 Å². The molecule has 2 aliphatic rings. The molecule has 0 radical (unpaired) electrons. The first-order valence-electron chi connectivity index (χ1n) is 11.4. The van der Waals surface area contributed by atoms with E-state index >= 15 is 0 Å². The number of aromatic nitrogens is 6. The first-order valence-corrected chi connectivity index (χ1v) is 12.3. The van der Waals surface area contributed by atoms with E-state index < -0.39 is 0 Å². The molecule has 5 heterocycles. The first kappa shape index (κ1) is 21.1. The van der Waals surface area contributed by atoms with Gasteiger partial charge in [0, 0.05) is 67.6 Å². The summed E-state index contributed by atoms with van der Waals surface area (Å²) in [6.07, 6.45) is 4.21. The van der Waals surface area contributed by atoms with Crippen molar-refractivity contribution in [3.05, 3.63) is 41.2 Å². The summed E-state index contributed by atoms with van der Waals surface area (Å²) >= 11 is 1.53. The van der Waals surface area contributed by atoms with Gasteiger partial charge in [-0.1, -0.05) is 5.16 Å². The van der Waals surface area contributed by atoms with E-state index in [-0.39, 0.29) is 0 Å². The fraction of sp³-hybridized carbons (Fsp3) is 0.409. The largest absolute Gasteiger partial charge is 0.359 e. The molecule has 0 aromatic carbocycles. The average Bonchev–Trinajstić information content (AvgIpc) is 3.22. The van der Waals surface area contributed by atoms with E-state index in [0.717, 1.165) is 48.5 Å². The van der Waals surface area contributed by atoms with Gasteiger partial charge in [-0.05, 0) is 19.9 Å². The third kappa shape index (κ3) is 4.73. The van der Waals surface area contributed by atoms with E-state index in [1.165, 1.54) is 29.9 Å². The van der Waals surface area contributed by atoms with Gasteiger partial charge < -0.3 is 25.0 Å². The van der Waals surface area contributed by atoms with Crippen molar-refractivity contribution in [2.24, 2.45) is 0 Å². The molecular formula is C22H26N10OS. The Morgan fingerprint density at radius 1 is 1.12 bits per heavy atom. The molecule has 1 saturated carbocycles. The monoisotopic (exact) mass is 478 g/mol. The van der Waals surface area contributed by atoms with Crippen LogP contribution in [-0.2, 0) is 6.54 Å². The molecule has 0 bridgehead atoms. The first-order chi connectivity index (χ1) is 16.7. The Bertz CT molecular complexity index is 1240. The Morgan fingerprint density at radius 3 is 2.79 bits per heavy atom. The van der Waals surface area contributed by atoms with Gasteiger partial charge >= 0.3 is 0 Å². The number of nitrogens with one attached hydrogen (secondary N) is 3. The zero-order valence-corrected chi connectivity index (χ0v) is 19.7. The highest BCUT2D eigenvalue weighted by Crippen LogP contribution is 2.39. The molecule has 176 valence electrons. The summed E-state index contributed by atoms with van der Waals surface area (Å²) in [7, 11) is 2.14. The van der Waals surface area contributed by atoms with Crippen LogP contribution in [0.2, 0.25) is 0 Å². The van der Waals surface area contributed by atoms with Crippen LogP contribution in [0.15, 0.2) is 34.3 Å². The standard InChI is InChI=1S/C22H26N10OS/c1-31-5-7-32(8-6-31)20-12-18(25-19-11-16(28-29-19)14-2-3-14)26-22(27-20)24-13-15-10-17(30-33-15)21-23-4-9-34-21/h4,9-12,14H,2-3,5-8,13H2,1H3,(H3,24,25,26,27,28,29). The molecule has 1 aliphatic heterocycles. The fourth-order valence-electron chi connectivity index (χ4n) is 3.92. The van der Waals surface area contributed by atoms with Gasteiger partial charge in [-0.2, -0.15) is 15.1 Å². The summed E-state index contributed by atoms with van der Waals surface area (Å²) in [6.45, 7) is 4.24. The zero-order valence-electron chi connectivity index (χ0n) is 18.9. The van der Waals surface area contributed by atoms with Crippen LogP contribution in [0.3, 0.4) is 0 Å². The van der Waals surface area contributed by atoms with E-state index in [4.69, 9.17) is 9.51 Å². The smallest absolute Gasteiger partial charge is 0.227 e. The van der Waals surface area contributed by atoms with Crippen molar-refractivity contribution in [3.63, 3.8) is 0 Å². The van der Waals surface area contributed by atoms with E-state index in [1.54, 1.807) is 6.20 Å². The lowest BCUT2D eigenvalue weighted by atomic mass is 10.3. The summed E-state index contributed by atoms with van der Waals surface area (Å²) in [5.74, 6) is 4.16. The lowest BCUT2D eigenvalue weighted by molar-refractivity contribution is 0.312. The van der Waals surface area contributed by atoms with Crippen LogP contribution < -0.4 is 15.5 Å². The van der Waals surface area contributed by atoms with Crippen molar-refractivity contribution in [3.8, 4) is 10.7 Å². The highest BCUT2D eigenvalue weighted by Gasteiger charge is 2.25. The number of anilines is 4. The molecule has 1 aliphatic carbocycles. The molecule has 0 atom stereocenters. The second kappa shape index (κ2) is 9.03. The summed E-state index contributed by atoms with van der Waals surface area (Å²) in [6, 6.07) is 5.94. The van der Waals surface area contributed by atoms with Crippen LogP contribution in [0, 0.1) is 0 Å². The van der Waals surface area contributed by atoms with Gasteiger partial charge in [0.15, 0.2) is 11.6 Å². The minimum Gasteiger partial charge on any atom is -0.359 e. The maximum absolute atomic E-state index is 5.48. The molecule has 0 spiro atoms. The SMILES string of the molecule is CN1CCN(c2cc(Nc3cc(C4CC4)[nH]n3)nc(NCc3cc(-c4nccs4)no3)n2)CC1. The Kier molecular flexibility index (Phi) is 5.59. The molecule has 34 heavy (non-hydrogen) atoms. The molecule has 2 fully saturated rings. The average molecular weight is 479 g/mol. The Labute approximate surface area is 200 Å². The number of thiazole rings is 1. The number of rotatable bonds is 8. The molecule has 6 rings (SSSR count). The van der Waals surface area contributed by atoms with E-state index in [2.05, 4.69) is 58.9 Å². The quantitative estimate of drug-likeness (QED) is 0.347. The lowest BCUT2D eigenvalue weighted by Crippen LogP contribution is -2.44. The predicted molar refractivity (Wildman–Crippen MR) is 131 cm³/mol. The van der Waals surface area contributed by atoms with Crippen molar-refractivity contribution in [1.29, 1.82) is 0 Å². The van der Waals surface area contributed by atoms with Gasteiger partial charge in [0.1, 0.15) is 22.3 Å². The van der Waals surface area contributed by atoms with Gasteiger partial charge in [0.25, 0.3) is 0 Å². The van der Waals surface area contributed by atoms with Crippen LogP contribution >= 0.6 is 11.3 Å². The van der Waals surface area contributed by atoms with Crippen molar-refractivity contribution in [1.82, 2.24) is 35.2 Å². The normalized spacial score (nSPS) is 16.7. The van der Waals surface area contributed by atoms with Crippen LogP contribution in [-0.4, -0.2) is 68.4 Å². The molecule has 3 N–H and O–H groups in total. The molecule has 4 aromatic rings. The summed E-state index contributed by atoms with van der Waals surface area (Å²) < 4.78 is 5.48. The second-order valence-corrected chi connectivity index (χ2v) is 9.60. The third-order valence-corrected chi connectivity index (χ3v) is 6.84. The molecule has 0 unspecified atom stereocenters. The number of hydrogen-bond acceptors (Lipinski definition) is 11. The van der Waals surface area contributed by atoms with Crippen molar-refractivity contribution >= 4 is 34.7 Å². The molecule has 12 heteroatoms. The minimum atomic E-state index is 0.415. The van der Waals surface area contributed by atoms with Crippen molar-refractivity contribution in [2.45, 2.75) is 25.3 Å². The molecule has 1 saturated heterocycles. The van der Waals surface area contributed by atoms with Gasteiger partial charge in [-0.3, -0.25) is 5.10 Å². The molecular weight excluding hydrogens is 452 g/mol. The highest BCUT2D eigenvalue weighted by molar-refractivity contribution is 7.13. The third-order valence-electron chi connectivity index (χ3n) is 6.04. The van der Waals surface area contributed by atoms with Crippen LogP contribution in [0.1, 0.15) is 30.2 Å². The number of nitrogens with zero attached hydrogens (tertiary/aromatic N) is 7. The Morgan fingerprint density at radius 2 is 2.00 bits per heavy atom. The number of aromatic amines is 1. The lowest BCUT2D eigenvalue weighted by Gasteiger charge is -2.33. The van der Waals surface area contributed by atoms with Gasteiger partial charge in [-0.15, -0.1) is 11.3 Å². The predicted octanol–water partition coefficient (Wildman–Crippen LogP) is 3.30. The second-order valence-electron chi connectivity index (χ2n) is 8.70. The maximum atomic E-state index is 5.48. The number of piperazine rings is 1. The Hall–Kier alpha value is -3.51. The van der Waals surface area contributed by atoms with Gasteiger partial charge in [0.2, 0.25) is 5.95 Å². The van der Waals surface area contributed by atoms with Gasteiger partial charge in [-0.25, -0.2) is 4.98 Å². The summed E-state index contributed by atoms with van der Waals surface area (Å²) in [4.78, 5) is 18.4. The maximum Gasteiger partial charge on any atom is 0.227 e. The highest BCUT2D eigenvalue weighted by atomic mass is 32.1. The van der Waals surface area contributed by atoms with E-state index in [1.807, 2.05) is 17.5 Å². The molecule has 4 aromatic heterocycles. The number of hydrogen-bond donors (Lipinski definition) is 3. The van der Waals surface area contributed by atoms with Crippen LogP contribution in [0.5, 0.6) is 0 Å². The molecule has 0 amide bonds. The van der Waals surface area contributed by atoms with Gasteiger partial charge in [0.05, 0.1) is 6.54 Å². The van der Waals surface area contributed by atoms with Crippen LogP contribution in [0.25, 0.3) is 10.7 Å². The minimum absolute atomic E-state index is 0.415. The summed E-state index contributed by atoms with van der Waals surface area (Å²) in [5, 5.41) is 21.0. The summed E-state index contributed by atoms with van der Waals surface area (Å²) in [5.41, 5.74) is 1.90. The van der Waals surface area contributed by atoms with E-state index in [9.17, 15) is 0 Å². The van der Waals surface area contributed by atoms with Crippen molar-refractivity contribution in [2.75, 3.05) is 48.8 Å². The number of likely N-dealkylation sites (N-methyl/N-ethyl adjacent to an activating group) is 1. The number of H-pyrrole nitrogens is 1. The fourth-order valence-corrected chi connectivity index (χ4v) is 4.51. The van der Waals surface area contributed by atoms with Crippen LogP contribution in [0.4, 0.5) is 23.4 Å². The zero-order chi connectivity index (χ0) is 22.9. The van der Waals surface area contributed by atoms with E-state index in [0.29, 0.717) is 30.0 Å².